The lowest BCUT2D eigenvalue weighted by atomic mass is 10.1. The molecule has 1 aromatic rings. The number of halogens is 1. The van der Waals surface area contributed by atoms with Crippen LogP contribution in [0.4, 0.5) is 0 Å². The van der Waals surface area contributed by atoms with Gasteiger partial charge in [-0.25, -0.2) is 0 Å². The van der Waals surface area contributed by atoms with Crippen molar-refractivity contribution in [2.75, 3.05) is 6.54 Å². The van der Waals surface area contributed by atoms with Crippen molar-refractivity contribution in [2.24, 2.45) is 5.73 Å². The third-order valence-corrected chi connectivity index (χ3v) is 3.84. The molecule has 1 aliphatic heterocycles. The lowest BCUT2D eigenvalue weighted by Crippen LogP contribution is -2.56. The van der Waals surface area contributed by atoms with Crippen LogP contribution in [-0.2, 0) is 16.1 Å². The van der Waals surface area contributed by atoms with Gasteiger partial charge >= 0.3 is 0 Å². The predicted octanol–water partition coefficient (Wildman–Crippen LogP) is 0.821. The number of benzene rings is 1. The number of carbonyl (C=O) groups is 2. The van der Waals surface area contributed by atoms with E-state index >= 15 is 0 Å². The summed E-state index contributed by atoms with van der Waals surface area (Å²) in [4.78, 5) is 25.0. The molecule has 7 heteroatoms. The number of nitrogens with one attached hydrogen (secondary N) is 1. The maximum atomic E-state index is 11.6. The van der Waals surface area contributed by atoms with Crippen LogP contribution < -0.4 is 11.1 Å². The van der Waals surface area contributed by atoms with Gasteiger partial charge in [-0.1, -0.05) is 36.0 Å². The normalized spacial score (nSPS) is 19.8. The first-order valence-corrected chi connectivity index (χ1v) is 6.83. The van der Waals surface area contributed by atoms with Gasteiger partial charge in [0.25, 0.3) is 0 Å². The molecule has 1 fully saturated rings. The van der Waals surface area contributed by atoms with E-state index < -0.39 is 0 Å². The average molecular weight is 312 g/mol. The number of imide groups is 1. The molecule has 0 aliphatic carbocycles. The average Bonchev–Trinajstić information content (AvgIpc) is 2.37. The number of hydrogen-bond donors (Lipinski definition) is 2. The topological polar surface area (TPSA) is 75.4 Å². The van der Waals surface area contributed by atoms with Crippen molar-refractivity contribution in [1.29, 1.82) is 0 Å². The number of nitrogens with two attached hydrogens (primary N) is 1. The van der Waals surface area contributed by atoms with Gasteiger partial charge in [0.1, 0.15) is 4.99 Å². The standard InChI is InChI=1S/C13H14ClN3O2S/c1-7-13(19)16-11(18)6-17(7)5-9-3-2-8(12(15)20)4-10(9)14/h2-4,7H,5-6H2,1H3,(H2,15,20)(H,16,18,19). The molecule has 1 heterocycles. The van der Waals surface area contributed by atoms with Gasteiger partial charge in [-0.2, -0.15) is 0 Å². The van der Waals surface area contributed by atoms with Crippen LogP contribution in [0.3, 0.4) is 0 Å². The lowest BCUT2D eigenvalue weighted by molar-refractivity contribution is -0.139. The van der Waals surface area contributed by atoms with E-state index in [1.165, 1.54) is 0 Å². The SMILES string of the molecule is CC1C(=O)NC(=O)CN1Cc1ccc(C(N)=S)cc1Cl. The minimum absolute atomic E-state index is 0.167. The van der Waals surface area contributed by atoms with Crippen molar-refractivity contribution in [3.63, 3.8) is 0 Å². The second-order valence-corrected chi connectivity index (χ2v) is 5.51. The van der Waals surface area contributed by atoms with Crippen molar-refractivity contribution in [2.45, 2.75) is 19.5 Å². The number of nitrogens with zero attached hydrogens (tertiary/aromatic N) is 1. The van der Waals surface area contributed by atoms with Gasteiger partial charge in [0.05, 0.1) is 12.6 Å². The second kappa shape index (κ2) is 5.87. The van der Waals surface area contributed by atoms with Crippen molar-refractivity contribution < 1.29 is 9.59 Å². The first-order valence-electron chi connectivity index (χ1n) is 6.04. The van der Waals surface area contributed by atoms with Crippen LogP contribution in [0.25, 0.3) is 0 Å². The highest BCUT2D eigenvalue weighted by Crippen LogP contribution is 2.21. The van der Waals surface area contributed by atoms with E-state index in [2.05, 4.69) is 5.32 Å². The van der Waals surface area contributed by atoms with E-state index in [0.717, 1.165) is 5.56 Å². The quantitative estimate of drug-likeness (QED) is 0.638. The molecule has 1 saturated heterocycles. The van der Waals surface area contributed by atoms with Crippen LogP contribution in [0.2, 0.25) is 5.02 Å². The molecule has 1 aliphatic rings. The molecule has 0 spiro atoms. The Balaban J connectivity index is 2.19. The maximum Gasteiger partial charge on any atom is 0.243 e. The maximum absolute atomic E-state index is 11.6. The summed E-state index contributed by atoms with van der Waals surface area (Å²) in [5.74, 6) is -0.596. The fourth-order valence-electron chi connectivity index (χ4n) is 2.01. The van der Waals surface area contributed by atoms with Gasteiger partial charge in [-0.3, -0.25) is 19.8 Å². The van der Waals surface area contributed by atoms with Gasteiger partial charge in [0.15, 0.2) is 0 Å². The minimum atomic E-state index is -0.376. The van der Waals surface area contributed by atoms with Crippen molar-refractivity contribution >= 4 is 40.6 Å². The van der Waals surface area contributed by atoms with Crippen LogP contribution in [0.1, 0.15) is 18.1 Å². The zero-order chi connectivity index (χ0) is 14.9. The lowest BCUT2D eigenvalue weighted by Gasteiger charge is -2.31. The van der Waals surface area contributed by atoms with Crippen LogP contribution in [0, 0.1) is 0 Å². The zero-order valence-corrected chi connectivity index (χ0v) is 12.4. The van der Waals surface area contributed by atoms with E-state index in [1.54, 1.807) is 30.0 Å². The first kappa shape index (κ1) is 14.9. The molecule has 20 heavy (non-hydrogen) atoms. The molecule has 2 rings (SSSR count). The molecular weight excluding hydrogens is 298 g/mol. The second-order valence-electron chi connectivity index (χ2n) is 4.66. The highest BCUT2D eigenvalue weighted by Gasteiger charge is 2.30. The first-order chi connectivity index (χ1) is 9.38. The number of piperazine rings is 1. The summed E-state index contributed by atoms with van der Waals surface area (Å²) in [7, 11) is 0. The molecule has 1 aromatic carbocycles. The molecule has 5 nitrogen and oxygen atoms in total. The number of hydrogen-bond acceptors (Lipinski definition) is 4. The van der Waals surface area contributed by atoms with Crippen LogP contribution in [0.5, 0.6) is 0 Å². The van der Waals surface area contributed by atoms with Gasteiger partial charge in [0, 0.05) is 17.1 Å². The Bertz CT molecular complexity index is 591. The summed E-state index contributed by atoms with van der Waals surface area (Å²) < 4.78 is 0. The molecule has 1 atom stereocenters. The molecule has 0 aromatic heterocycles. The zero-order valence-electron chi connectivity index (χ0n) is 10.9. The summed E-state index contributed by atoms with van der Waals surface area (Å²) in [5.41, 5.74) is 7.05. The van der Waals surface area contributed by atoms with Crippen LogP contribution in [-0.4, -0.2) is 34.3 Å². The number of rotatable bonds is 3. The highest BCUT2D eigenvalue weighted by atomic mass is 35.5. The van der Waals surface area contributed by atoms with Gasteiger partial charge in [0.2, 0.25) is 11.8 Å². The fourth-order valence-corrected chi connectivity index (χ4v) is 2.38. The largest absolute Gasteiger partial charge is 0.389 e. The van der Waals surface area contributed by atoms with E-state index in [1.807, 2.05) is 0 Å². The molecule has 0 bridgehead atoms. The Morgan fingerprint density at radius 3 is 2.85 bits per heavy atom. The van der Waals surface area contributed by atoms with E-state index in [0.29, 0.717) is 17.1 Å². The number of carbonyl (C=O) groups excluding carboxylic acids is 2. The van der Waals surface area contributed by atoms with Crippen molar-refractivity contribution in [3.8, 4) is 0 Å². The summed E-state index contributed by atoms with van der Waals surface area (Å²) in [6, 6.07) is 4.90. The fraction of sp³-hybridized carbons (Fsp3) is 0.308. The molecule has 106 valence electrons. The molecule has 0 saturated carbocycles. The summed E-state index contributed by atoms with van der Waals surface area (Å²) in [5, 5.41) is 2.81. The van der Waals surface area contributed by atoms with E-state index in [-0.39, 0.29) is 29.4 Å². The monoisotopic (exact) mass is 311 g/mol. The van der Waals surface area contributed by atoms with Gasteiger partial charge in [-0.05, 0) is 18.6 Å². The minimum Gasteiger partial charge on any atom is -0.389 e. The van der Waals surface area contributed by atoms with E-state index in [9.17, 15) is 9.59 Å². The molecule has 0 radical (unpaired) electrons. The number of thiocarbonyl (C=S) groups is 1. The van der Waals surface area contributed by atoms with Gasteiger partial charge < -0.3 is 5.73 Å². The third kappa shape index (κ3) is 3.15. The van der Waals surface area contributed by atoms with Crippen molar-refractivity contribution in [3.05, 3.63) is 34.3 Å². The smallest absolute Gasteiger partial charge is 0.243 e. The van der Waals surface area contributed by atoms with Crippen LogP contribution >= 0.6 is 23.8 Å². The Labute approximate surface area is 127 Å². The van der Waals surface area contributed by atoms with Crippen LogP contribution in [0.15, 0.2) is 18.2 Å². The molecular formula is C13H14ClN3O2S. The third-order valence-electron chi connectivity index (χ3n) is 3.25. The Kier molecular flexibility index (Phi) is 4.37. The molecule has 2 amide bonds. The highest BCUT2D eigenvalue weighted by molar-refractivity contribution is 7.80. The Hall–Kier alpha value is -1.50. The summed E-state index contributed by atoms with van der Waals surface area (Å²) in [6.45, 7) is 2.33. The summed E-state index contributed by atoms with van der Waals surface area (Å²) in [6.07, 6.45) is 0. The molecule has 1 unspecified atom stereocenters. The van der Waals surface area contributed by atoms with E-state index in [4.69, 9.17) is 29.6 Å². The predicted molar refractivity (Wildman–Crippen MR) is 80.4 cm³/mol. The molecule has 3 N–H and O–H groups in total. The van der Waals surface area contributed by atoms with Gasteiger partial charge in [-0.15, -0.1) is 0 Å². The summed E-state index contributed by atoms with van der Waals surface area (Å²) >= 11 is 11.1. The Morgan fingerprint density at radius 2 is 2.25 bits per heavy atom. The number of amides is 2. The van der Waals surface area contributed by atoms with Crippen molar-refractivity contribution in [1.82, 2.24) is 10.2 Å². The Morgan fingerprint density at radius 1 is 1.55 bits per heavy atom.